The molecule has 0 fully saturated rings. The van der Waals surface area contributed by atoms with Crippen LogP contribution in [0.1, 0.15) is 11.6 Å². The maximum atomic E-state index is 13.5. The van der Waals surface area contributed by atoms with E-state index in [1.54, 1.807) is 36.4 Å². The van der Waals surface area contributed by atoms with E-state index in [4.69, 9.17) is 4.98 Å². The van der Waals surface area contributed by atoms with Gasteiger partial charge in [-0.2, -0.15) is 4.80 Å². The van der Waals surface area contributed by atoms with Crippen molar-refractivity contribution in [1.29, 1.82) is 0 Å². The third kappa shape index (κ3) is 3.86. The summed E-state index contributed by atoms with van der Waals surface area (Å²) >= 11 is 0. The molecule has 0 bridgehead atoms. The second-order valence-electron chi connectivity index (χ2n) is 7.98. The van der Waals surface area contributed by atoms with Crippen molar-refractivity contribution in [1.82, 2.24) is 39.7 Å². The molecule has 0 aliphatic carbocycles. The molecule has 3 aromatic heterocycles. The number of tetrazole rings is 1. The molecule has 0 unspecified atom stereocenters. The number of rotatable bonds is 5. The third-order valence-electron chi connectivity index (χ3n) is 5.68. The number of benzene rings is 3. The van der Waals surface area contributed by atoms with Crippen LogP contribution in [-0.2, 0) is 13.1 Å². The largest absolute Gasteiger partial charge is 0.308 e. The van der Waals surface area contributed by atoms with Gasteiger partial charge in [0.1, 0.15) is 18.2 Å². The van der Waals surface area contributed by atoms with Gasteiger partial charge in [0.2, 0.25) is 5.82 Å². The van der Waals surface area contributed by atoms with Gasteiger partial charge >= 0.3 is 0 Å². The molecule has 6 rings (SSSR count). The quantitative estimate of drug-likeness (QED) is 0.417. The first-order valence-corrected chi connectivity index (χ1v) is 11.0. The summed E-state index contributed by atoms with van der Waals surface area (Å²) in [6.07, 6.45) is 0. The Morgan fingerprint density at radius 3 is 2.23 bits per heavy atom. The highest BCUT2D eigenvalue weighted by atomic mass is 16.1. The number of para-hydroxylation sites is 2. The molecule has 0 spiro atoms. The van der Waals surface area contributed by atoms with E-state index in [0.29, 0.717) is 39.3 Å². The summed E-state index contributed by atoms with van der Waals surface area (Å²) in [5, 5.41) is 13.7. The fraction of sp³-hybridized carbons (Fsp3) is 0.0800. The van der Waals surface area contributed by atoms with Gasteiger partial charge in [0, 0.05) is 5.56 Å². The molecule has 1 N–H and O–H groups in total. The Morgan fingerprint density at radius 1 is 0.743 bits per heavy atom. The summed E-state index contributed by atoms with van der Waals surface area (Å²) < 4.78 is 1.49. The molecule has 0 saturated heterocycles. The summed E-state index contributed by atoms with van der Waals surface area (Å²) in [5.74, 6) is 1.24. The molecule has 0 saturated carbocycles. The number of aromatic nitrogens is 8. The van der Waals surface area contributed by atoms with Gasteiger partial charge in [-0.05, 0) is 29.5 Å². The lowest BCUT2D eigenvalue weighted by atomic mass is 10.2. The Bertz CT molecular complexity index is 1800. The SMILES string of the molecule is O=c1[nH]c(Cn2c(Cn3nnc(-c4ccccc4)n3)nc3ccccc3c2=O)nc2ccccc12. The molecule has 0 radical (unpaired) electrons. The molecule has 35 heavy (non-hydrogen) atoms. The lowest BCUT2D eigenvalue weighted by Crippen LogP contribution is -2.29. The molecule has 3 heterocycles. The van der Waals surface area contributed by atoms with E-state index < -0.39 is 0 Å². The van der Waals surface area contributed by atoms with Crippen LogP contribution in [-0.4, -0.2) is 39.7 Å². The topological polar surface area (TPSA) is 124 Å². The van der Waals surface area contributed by atoms with Crippen LogP contribution < -0.4 is 11.1 Å². The number of fused-ring (bicyclic) bond motifs is 2. The fourth-order valence-electron chi connectivity index (χ4n) is 4.00. The lowest BCUT2D eigenvalue weighted by molar-refractivity contribution is 0.523. The smallest absolute Gasteiger partial charge is 0.261 e. The first kappa shape index (κ1) is 20.6. The number of aromatic amines is 1. The zero-order chi connectivity index (χ0) is 23.8. The zero-order valence-corrected chi connectivity index (χ0v) is 18.4. The summed E-state index contributed by atoms with van der Waals surface area (Å²) in [5.41, 5.74) is 1.44. The van der Waals surface area contributed by atoms with Crippen LogP contribution in [0.3, 0.4) is 0 Å². The molecule has 3 aromatic carbocycles. The number of nitrogens with zero attached hydrogens (tertiary/aromatic N) is 7. The predicted octanol–water partition coefficient (Wildman–Crippen LogP) is 2.38. The molecule has 0 aliphatic rings. The van der Waals surface area contributed by atoms with Crippen LogP contribution >= 0.6 is 0 Å². The van der Waals surface area contributed by atoms with Crippen molar-refractivity contribution < 1.29 is 0 Å². The highest BCUT2D eigenvalue weighted by molar-refractivity contribution is 5.78. The average molecular weight is 462 g/mol. The van der Waals surface area contributed by atoms with Gasteiger partial charge in [-0.25, -0.2) is 9.97 Å². The Morgan fingerprint density at radius 2 is 1.43 bits per heavy atom. The van der Waals surface area contributed by atoms with Crippen LogP contribution in [0.15, 0.2) is 88.5 Å². The van der Waals surface area contributed by atoms with E-state index in [2.05, 4.69) is 25.4 Å². The Kier molecular flexibility index (Phi) is 4.95. The molecule has 10 heteroatoms. The van der Waals surface area contributed by atoms with Gasteiger partial charge in [0.25, 0.3) is 11.1 Å². The van der Waals surface area contributed by atoms with Crippen molar-refractivity contribution in [2.45, 2.75) is 13.1 Å². The van der Waals surface area contributed by atoms with Crippen molar-refractivity contribution in [3.8, 4) is 11.4 Å². The summed E-state index contributed by atoms with van der Waals surface area (Å²) in [7, 11) is 0. The van der Waals surface area contributed by atoms with Crippen LogP contribution in [0.2, 0.25) is 0 Å². The first-order chi connectivity index (χ1) is 17.2. The van der Waals surface area contributed by atoms with Gasteiger partial charge in [0.15, 0.2) is 0 Å². The monoisotopic (exact) mass is 462 g/mol. The predicted molar refractivity (Wildman–Crippen MR) is 130 cm³/mol. The Balaban J connectivity index is 1.44. The lowest BCUT2D eigenvalue weighted by Gasteiger charge is -2.13. The van der Waals surface area contributed by atoms with Crippen LogP contribution in [0.5, 0.6) is 0 Å². The van der Waals surface area contributed by atoms with Gasteiger partial charge in [-0.1, -0.05) is 54.6 Å². The highest BCUT2D eigenvalue weighted by Gasteiger charge is 2.15. The summed E-state index contributed by atoms with van der Waals surface area (Å²) in [4.78, 5) is 39.5. The van der Waals surface area contributed by atoms with E-state index >= 15 is 0 Å². The van der Waals surface area contributed by atoms with Crippen LogP contribution in [0.25, 0.3) is 33.2 Å². The van der Waals surface area contributed by atoms with E-state index in [1.807, 2.05) is 42.5 Å². The first-order valence-electron chi connectivity index (χ1n) is 11.0. The average Bonchev–Trinajstić information content (AvgIpc) is 3.36. The van der Waals surface area contributed by atoms with Crippen molar-refractivity contribution in [2.75, 3.05) is 0 Å². The normalized spacial score (nSPS) is 11.3. The Hall–Kier alpha value is -4.99. The second kappa shape index (κ2) is 8.41. The van der Waals surface area contributed by atoms with Gasteiger partial charge in [0.05, 0.1) is 28.4 Å². The van der Waals surface area contributed by atoms with Crippen LogP contribution in [0.4, 0.5) is 0 Å². The molecular formula is C25H18N8O2. The van der Waals surface area contributed by atoms with Gasteiger partial charge < -0.3 is 4.98 Å². The molecular weight excluding hydrogens is 444 g/mol. The molecule has 0 aliphatic heterocycles. The van der Waals surface area contributed by atoms with Crippen LogP contribution in [0, 0.1) is 0 Å². The van der Waals surface area contributed by atoms with Crippen molar-refractivity contribution in [2.24, 2.45) is 0 Å². The molecule has 6 aromatic rings. The minimum atomic E-state index is -0.264. The standard InChI is InChI=1S/C25H18N8O2/c34-24-17-10-4-6-12-19(17)26-21(28-24)14-32-22(27-20-13-7-5-11-18(20)25(32)35)15-33-30-23(29-31-33)16-8-2-1-3-9-16/h1-13H,14-15H2,(H,26,28,34). The molecule has 170 valence electrons. The van der Waals surface area contributed by atoms with Gasteiger partial charge in [-0.15, -0.1) is 10.2 Å². The molecule has 10 nitrogen and oxygen atoms in total. The third-order valence-corrected chi connectivity index (χ3v) is 5.68. The highest BCUT2D eigenvalue weighted by Crippen LogP contribution is 2.14. The molecule has 0 atom stereocenters. The zero-order valence-electron chi connectivity index (χ0n) is 18.4. The van der Waals surface area contributed by atoms with E-state index in [-0.39, 0.29) is 24.2 Å². The summed E-state index contributed by atoms with van der Waals surface area (Å²) in [6, 6.07) is 23.7. The number of hydrogen-bond donors (Lipinski definition) is 1. The van der Waals surface area contributed by atoms with Gasteiger partial charge in [-0.3, -0.25) is 14.2 Å². The minimum absolute atomic E-state index is 0.0340. The fourth-order valence-corrected chi connectivity index (χ4v) is 4.00. The van der Waals surface area contributed by atoms with Crippen molar-refractivity contribution in [3.05, 3.63) is 111 Å². The van der Waals surface area contributed by atoms with Crippen molar-refractivity contribution >= 4 is 21.8 Å². The number of nitrogens with one attached hydrogen (secondary N) is 1. The molecule has 0 amide bonds. The second-order valence-corrected chi connectivity index (χ2v) is 7.98. The maximum Gasteiger partial charge on any atom is 0.261 e. The van der Waals surface area contributed by atoms with E-state index in [0.717, 1.165) is 5.56 Å². The van der Waals surface area contributed by atoms with E-state index in [9.17, 15) is 9.59 Å². The minimum Gasteiger partial charge on any atom is -0.308 e. The van der Waals surface area contributed by atoms with Crippen molar-refractivity contribution in [3.63, 3.8) is 0 Å². The Labute approximate surface area is 197 Å². The maximum absolute atomic E-state index is 13.5. The van der Waals surface area contributed by atoms with E-state index in [1.165, 1.54) is 9.36 Å². The number of H-pyrrole nitrogens is 1. The summed E-state index contributed by atoms with van der Waals surface area (Å²) in [6.45, 7) is 0.143. The number of hydrogen-bond acceptors (Lipinski definition) is 7.